The number of hydrogen-bond donors (Lipinski definition) is 0. The predicted molar refractivity (Wildman–Crippen MR) is 128 cm³/mol. The fourth-order valence-corrected chi connectivity index (χ4v) is 4.71. The first-order valence-corrected chi connectivity index (χ1v) is 10.9. The zero-order chi connectivity index (χ0) is 21.3. The van der Waals surface area contributed by atoms with Crippen molar-refractivity contribution in [3.8, 4) is 34.3 Å². The van der Waals surface area contributed by atoms with Gasteiger partial charge in [0.05, 0.1) is 0 Å². The summed E-state index contributed by atoms with van der Waals surface area (Å²) >= 11 is 1.72. The van der Waals surface area contributed by atoms with E-state index in [0.29, 0.717) is 11.8 Å². The molecule has 0 saturated carbocycles. The summed E-state index contributed by atoms with van der Waals surface area (Å²) in [5, 5.41) is 2.39. The van der Waals surface area contributed by atoms with Crippen molar-refractivity contribution in [1.29, 1.82) is 0 Å². The fraction of sp³-hybridized carbons (Fsp3) is 0. The molecule has 0 atom stereocenters. The SMILES string of the molecule is [Pt+2].[c-]1ccccc1-c1cccc(Oc2cccc(-c3[c-]cc4c(c3)sc3cnccc34)n2)n1. The van der Waals surface area contributed by atoms with Crippen LogP contribution >= 0.6 is 11.3 Å². The molecule has 4 aromatic heterocycles. The summed E-state index contributed by atoms with van der Waals surface area (Å²) in [5.74, 6) is 0.971. The van der Waals surface area contributed by atoms with Crippen LogP contribution in [-0.4, -0.2) is 15.0 Å². The number of fused-ring (bicyclic) bond motifs is 3. The first-order chi connectivity index (χ1) is 15.8. The summed E-state index contributed by atoms with van der Waals surface area (Å²) in [6.07, 6.45) is 3.73. The molecule has 0 amide bonds. The topological polar surface area (TPSA) is 47.9 Å². The molecule has 6 aromatic rings. The second kappa shape index (κ2) is 9.22. The number of aromatic nitrogens is 3. The molecule has 0 fully saturated rings. The van der Waals surface area contributed by atoms with E-state index in [-0.39, 0.29) is 21.1 Å². The smallest absolute Gasteiger partial charge is 0.422 e. The van der Waals surface area contributed by atoms with Gasteiger partial charge in [-0.1, -0.05) is 29.7 Å². The number of hydrogen-bond acceptors (Lipinski definition) is 5. The van der Waals surface area contributed by atoms with Gasteiger partial charge in [-0.15, -0.1) is 59.7 Å². The summed E-state index contributed by atoms with van der Waals surface area (Å²) in [6, 6.07) is 31.9. The third-order valence-electron chi connectivity index (χ3n) is 5.12. The molecule has 0 unspecified atom stereocenters. The summed E-state index contributed by atoms with van der Waals surface area (Å²) in [4.78, 5) is 13.5. The van der Waals surface area contributed by atoms with Crippen molar-refractivity contribution in [3.63, 3.8) is 0 Å². The van der Waals surface area contributed by atoms with Gasteiger partial charge in [0.1, 0.15) is 0 Å². The first kappa shape index (κ1) is 21.4. The Morgan fingerprint density at radius 3 is 2.27 bits per heavy atom. The molecule has 160 valence electrons. The minimum atomic E-state index is 0. The van der Waals surface area contributed by atoms with E-state index < -0.39 is 0 Å². The molecule has 2 aromatic carbocycles. The molecule has 0 saturated heterocycles. The van der Waals surface area contributed by atoms with E-state index in [1.54, 1.807) is 11.3 Å². The molecule has 6 heteroatoms. The molecule has 33 heavy (non-hydrogen) atoms. The van der Waals surface area contributed by atoms with Crippen molar-refractivity contribution in [2.75, 3.05) is 0 Å². The number of benzene rings is 2. The van der Waals surface area contributed by atoms with E-state index in [4.69, 9.17) is 9.72 Å². The van der Waals surface area contributed by atoms with Crippen LogP contribution in [0.3, 0.4) is 0 Å². The second-order valence-electron chi connectivity index (χ2n) is 7.20. The van der Waals surface area contributed by atoms with Gasteiger partial charge < -0.3 is 4.74 Å². The van der Waals surface area contributed by atoms with Crippen LogP contribution in [0.1, 0.15) is 0 Å². The Kier molecular flexibility index (Phi) is 5.99. The van der Waals surface area contributed by atoms with Gasteiger partial charge in [-0.2, -0.15) is 11.3 Å². The van der Waals surface area contributed by atoms with E-state index >= 15 is 0 Å². The summed E-state index contributed by atoms with van der Waals surface area (Å²) in [7, 11) is 0. The van der Waals surface area contributed by atoms with Crippen molar-refractivity contribution in [2.45, 2.75) is 0 Å². The van der Waals surface area contributed by atoms with Crippen molar-refractivity contribution in [2.24, 2.45) is 0 Å². The maximum absolute atomic E-state index is 5.98. The molecular weight excluding hydrogens is 609 g/mol. The van der Waals surface area contributed by atoms with Gasteiger partial charge in [0, 0.05) is 17.1 Å². The van der Waals surface area contributed by atoms with Crippen molar-refractivity contribution < 1.29 is 25.8 Å². The van der Waals surface area contributed by atoms with E-state index in [2.05, 4.69) is 28.2 Å². The Balaban J connectivity index is 0.00000228. The maximum Gasteiger partial charge on any atom is 2.00 e. The van der Waals surface area contributed by atoms with Gasteiger partial charge in [-0.05, 0) is 39.7 Å². The molecule has 0 N–H and O–H groups in total. The molecule has 0 radical (unpaired) electrons. The Morgan fingerprint density at radius 1 is 0.727 bits per heavy atom. The Bertz CT molecular complexity index is 1570. The number of thiophene rings is 1. The van der Waals surface area contributed by atoms with E-state index in [0.717, 1.165) is 22.5 Å². The minimum Gasteiger partial charge on any atom is -0.422 e. The van der Waals surface area contributed by atoms with Gasteiger partial charge in [0.25, 0.3) is 0 Å². The average Bonchev–Trinajstić information content (AvgIpc) is 3.23. The van der Waals surface area contributed by atoms with Crippen LogP contribution < -0.4 is 4.74 Å². The Hall–Kier alpha value is -3.40. The third kappa shape index (κ3) is 4.30. The van der Waals surface area contributed by atoms with Crippen LogP contribution in [0.2, 0.25) is 0 Å². The predicted octanol–water partition coefficient (Wildman–Crippen LogP) is 6.96. The van der Waals surface area contributed by atoms with Crippen LogP contribution in [0.5, 0.6) is 11.8 Å². The van der Waals surface area contributed by atoms with Crippen LogP contribution in [0.25, 0.3) is 42.7 Å². The molecule has 0 bridgehead atoms. The summed E-state index contributed by atoms with van der Waals surface area (Å²) < 4.78 is 8.33. The molecule has 4 nitrogen and oxygen atoms in total. The van der Waals surface area contributed by atoms with E-state index in [1.165, 1.54) is 20.2 Å². The molecule has 4 heterocycles. The normalized spacial score (nSPS) is 10.8. The molecule has 0 spiro atoms. The van der Waals surface area contributed by atoms with Gasteiger partial charge in [-0.3, -0.25) is 15.0 Å². The quantitative estimate of drug-likeness (QED) is 0.199. The number of nitrogens with zero attached hydrogens (tertiary/aromatic N) is 3. The van der Waals surface area contributed by atoms with Crippen molar-refractivity contribution in [1.82, 2.24) is 15.0 Å². The molecule has 0 aliphatic heterocycles. The summed E-state index contributed by atoms with van der Waals surface area (Å²) in [5.41, 5.74) is 3.44. The minimum absolute atomic E-state index is 0. The zero-order valence-corrected chi connectivity index (χ0v) is 20.2. The standard InChI is InChI=1S/C27H15N3OS.Pt/c1-2-6-18(7-3-1)22-8-4-10-26(29-22)31-27-11-5-9-23(30-27)19-12-13-20-21-14-15-28-17-25(21)32-24(20)16-19;/h1-6,8-11,13-17H;/q-2;+2. The number of pyridine rings is 3. The third-order valence-corrected chi connectivity index (χ3v) is 6.23. The fourth-order valence-electron chi connectivity index (χ4n) is 3.62. The molecule has 0 aliphatic rings. The average molecular weight is 625 g/mol. The van der Waals surface area contributed by atoms with E-state index in [1.807, 2.05) is 85.2 Å². The number of ether oxygens (including phenoxy) is 1. The van der Waals surface area contributed by atoms with Crippen LogP contribution in [-0.2, 0) is 21.1 Å². The van der Waals surface area contributed by atoms with Gasteiger partial charge >= 0.3 is 21.1 Å². The molecule has 0 aliphatic carbocycles. The first-order valence-electron chi connectivity index (χ1n) is 10.1. The monoisotopic (exact) mass is 624 g/mol. The van der Waals surface area contributed by atoms with Crippen LogP contribution in [0.4, 0.5) is 0 Å². The summed E-state index contributed by atoms with van der Waals surface area (Å²) in [6.45, 7) is 0. The van der Waals surface area contributed by atoms with Gasteiger partial charge in [0.15, 0.2) is 0 Å². The van der Waals surface area contributed by atoms with Crippen molar-refractivity contribution in [3.05, 3.63) is 103 Å². The largest absolute Gasteiger partial charge is 2.00 e. The Labute approximate surface area is 209 Å². The van der Waals surface area contributed by atoms with Gasteiger partial charge in [-0.25, -0.2) is 0 Å². The second-order valence-corrected chi connectivity index (χ2v) is 8.28. The Morgan fingerprint density at radius 2 is 1.52 bits per heavy atom. The molecule has 6 rings (SSSR count). The van der Waals surface area contributed by atoms with Gasteiger partial charge in [0.2, 0.25) is 11.8 Å². The maximum atomic E-state index is 5.98. The van der Waals surface area contributed by atoms with E-state index in [9.17, 15) is 0 Å². The van der Waals surface area contributed by atoms with Crippen LogP contribution in [0, 0.1) is 12.1 Å². The number of rotatable bonds is 4. The van der Waals surface area contributed by atoms with Crippen LogP contribution in [0.15, 0.2) is 91.3 Å². The molecular formula is C27H15N3OPtS. The van der Waals surface area contributed by atoms with Crippen molar-refractivity contribution >= 4 is 31.5 Å². The zero-order valence-electron chi connectivity index (χ0n) is 17.1.